The number of likely N-dealkylation sites (tertiary alicyclic amines) is 1. The fourth-order valence-corrected chi connectivity index (χ4v) is 3.58. The number of nitrogens with one attached hydrogen (secondary N) is 1. The first-order chi connectivity index (χ1) is 8.50. The van der Waals surface area contributed by atoms with E-state index >= 15 is 0 Å². The smallest absolute Gasteiger partial charge is 0.243 e. The van der Waals surface area contributed by atoms with Gasteiger partial charge in [0.25, 0.3) is 0 Å². The van der Waals surface area contributed by atoms with Gasteiger partial charge in [0.1, 0.15) is 4.90 Å². The molecule has 100 valence electrons. The van der Waals surface area contributed by atoms with Crippen molar-refractivity contribution in [2.45, 2.75) is 23.8 Å². The molecule has 2 rings (SSSR count). The molecule has 7 heteroatoms. The summed E-state index contributed by atoms with van der Waals surface area (Å²) in [7, 11) is -1.57. The van der Waals surface area contributed by atoms with Crippen molar-refractivity contribution in [2.24, 2.45) is 0 Å². The number of nitrogens with zero attached hydrogens (tertiary/aromatic N) is 2. The van der Waals surface area contributed by atoms with E-state index in [0.717, 1.165) is 19.4 Å². The Bertz CT molecular complexity index is 521. The Balaban J connectivity index is 2.06. The van der Waals surface area contributed by atoms with E-state index in [1.54, 1.807) is 0 Å². The molecule has 5 nitrogen and oxygen atoms in total. The van der Waals surface area contributed by atoms with Gasteiger partial charge in [-0.1, -0.05) is 11.6 Å². The number of aromatic nitrogens is 1. The second-order valence-corrected chi connectivity index (χ2v) is 6.58. The maximum atomic E-state index is 12.1. The van der Waals surface area contributed by atoms with Crippen LogP contribution in [0, 0.1) is 0 Å². The zero-order chi connectivity index (χ0) is 13.2. The van der Waals surface area contributed by atoms with Crippen LogP contribution in [0.4, 0.5) is 0 Å². The zero-order valence-corrected chi connectivity index (χ0v) is 11.7. The van der Waals surface area contributed by atoms with Crippen LogP contribution in [0.15, 0.2) is 23.4 Å². The molecular weight excluding hydrogens is 274 g/mol. The van der Waals surface area contributed by atoms with E-state index in [4.69, 9.17) is 11.6 Å². The van der Waals surface area contributed by atoms with Gasteiger partial charge in [-0.2, -0.15) is 0 Å². The van der Waals surface area contributed by atoms with E-state index in [1.165, 1.54) is 18.5 Å². The third kappa shape index (κ3) is 3.00. The summed E-state index contributed by atoms with van der Waals surface area (Å²) in [6, 6.07) is 1.73. The van der Waals surface area contributed by atoms with E-state index in [1.807, 2.05) is 7.05 Å². The van der Waals surface area contributed by atoms with Crippen LogP contribution in [0.25, 0.3) is 0 Å². The summed E-state index contributed by atoms with van der Waals surface area (Å²) in [6.07, 6.45) is 4.85. The lowest BCUT2D eigenvalue weighted by atomic mass is 10.2. The average Bonchev–Trinajstić information content (AvgIpc) is 2.73. The number of halogens is 1. The SMILES string of the molecule is CN1CCCC1CNS(=O)(=O)c1cnccc1Cl. The largest absolute Gasteiger partial charge is 0.302 e. The second kappa shape index (κ2) is 5.52. The monoisotopic (exact) mass is 289 g/mol. The molecule has 0 aromatic carbocycles. The summed E-state index contributed by atoms with van der Waals surface area (Å²) >= 11 is 5.86. The van der Waals surface area contributed by atoms with Gasteiger partial charge in [-0.3, -0.25) is 4.98 Å². The molecule has 1 N–H and O–H groups in total. The minimum Gasteiger partial charge on any atom is -0.302 e. The van der Waals surface area contributed by atoms with E-state index in [0.29, 0.717) is 6.54 Å². The first-order valence-corrected chi connectivity index (χ1v) is 7.66. The Hall–Kier alpha value is -0.690. The topological polar surface area (TPSA) is 62.3 Å². The summed E-state index contributed by atoms with van der Waals surface area (Å²) in [6.45, 7) is 1.42. The first-order valence-electron chi connectivity index (χ1n) is 5.80. The van der Waals surface area contributed by atoms with E-state index < -0.39 is 10.0 Å². The van der Waals surface area contributed by atoms with E-state index in [-0.39, 0.29) is 16.0 Å². The molecule has 1 aliphatic rings. The predicted octanol–water partition coefficient (Wildman–Crippen LogP) is 1.11. The number of pyridine rings is 1. The van der Waals surface area contributed by atoms with Gasteiger partial charge in [0, 0.05) is 25.0 Å². The highest BCUT2D eigenvalue weighted by atomic mass is 35.5. The number of rotatable bonds is 4. The summed E-state index contributed by atoms with van der Waals surface area (Å²) < 4.78 is 26.7. The molecule has 0 amide bonds. The molecule has 2 heterocycles. The standard InChI is InChI=1S/C11H16ClN3O2S/c1-15-6-2-3-9(15)7-14-18(16,17)11-8-13-5-4-10(11)12/h4-5,8-9,14H,2-3,6-7H2,1H3. The maximum Gasteiger partial charge on any atom is 0.243 e. The molecule has 0 saturated carbocycles. The normalized spacial score (nSPS) is 21.3. The number of hydrogen-bond acceptors (Lipinski definition) is 4. The molecular formula is C11H16ClN3O2S. The molecule has 1 fully saturated rings. The van der Waals surface area contributed by atoms with Crippen molar-refractivity contribution in [3.63, 3.8) is 0 Å². The van der Waals surface area contributed by atoms with Gasteiger partial charge in [-0.15, -0.1) is 0 Å². The molecule has 0 aliphatic carbocycles. The summed E-state index contributed by atoms with van der Waals surface area (Å²) in [5.41, 5.74) is 0. The average molecular weight is 290 g/mol. The minimum absolute atomic E-state index is 0.0346. The Morgan fingerprint density at radius 1 is 1.61 bits per heavy atom. The van der Waals surface area contributed by atoms with Gasteiger partial charge < -0.3 is 4.90 Å². The molecule has 18 heavy (non-hydrogen) atoms. The van der Waals surface area contributed by atoms with Gasteiger partial charge in [-0.05, 0) is 32.5 Å². The summed E-state index contributed by atoms with van der Waals surface area (Å²) in [5.74, 6) is 0. The zero-order valence-electron chi connectivity index (χ0n) is 10.1. The molecule has 1 aromatic rings. The van der Waals surface area contributed by atoms with Crippen LogP contribution in [0.2, 0.25) is 5.02 Å². The van der Waals surface area contributed by atoms with Crippen molar-refractivity contribution >= 4 is 21.6 Å². The van der Waals surface area contributed by atoms with Gasteiger partial charge in [-0.25, -0.2) is 13.1 Å². The fraction of sp³-hybridized carbons (Fsp3) is 0.545. The third-order valence-corrected chi connectivity index (χ3v) is 5.10. The highest BCUT2D eigenvalue weighted by Crippen LogP contribution is 2.20. The lowest BCUT2D eigenvalue weighted by Crippen LogP contribution is -2.38. The highest BCUT2D eigenvalue weighted by Gasteiger charge is 2.24. The lowest BCUT2D eigenvalue weighted by Gasteiger charge is -2.19. The quantitative estimate of drug-likeness (QED) is 0.902. The molecule has 0 radical (unpaired) electrons. The van der Waals surface area contributed by atoms with E-state index in [9.17, 15) is 8.42 Å². The van der Waals surface area contributed by atoms with Gasteiger partial charge >= 0.3 is 0 Å². The van der Waals surface area contributed by atoms with Crippen LogP contribution < -0.4 is 4.72 Å². The predicted molar refractivity (Wildman–Crippen MR) is 70.1 cm³/mol. The van der Waals surface area contributed by atoms with Gasteiger partial charge in [0.2, 0.25) is 10.0 Å². The van der Waals surface area contributed by atoms with Crippen molar-refractivity contribution < 1.29 is 8.42 Å². The van der Waals surface area contributed by atoms with Crippen LogP contribution >= 0.6 is 11.6 Å². The molecule has 1 atom stereocenters. The van der Waals surface area contributed by atoms with Crippen LogP contribution in [0.1, 0.15) is 12.8 Å². The molecule has 0 bridgehead atoms. The Kier molecular flexibility index (Phi) is 4.21. The number of sulfonamides is 1. The Labute approximate surface area is 112 Å². The fourth-order valence-electron chi connectivity index (χ4n) is 2.08. The van der Waals surface area contributed by atoms with Crippen LogP contribution in [-0.4, -0.2) is 44.5 Å². The van der Waals surface area contributed by atoms with Crippen molar-refractivity contribution in [1.82, 2.24) is 14.6 Å². The molecule has 1 aromatic heterocycles. The number of likely N-dealkylation sites (N-methyl/N-ethyl adjacent to an activating group) is 1. The van der Waals surface area contributed by atoms with Gasteiger partial charge in [0.05, 0.1) is 5.02 Å². The van der Waals surface area contributed by atoms with Gasteiger partial charge in [0.15, 0.2) is 0 Å². The van der Waals surface area contributed by atoms with Crippen LogP contribution in [0.3, 0.4) is 0 Å². The minimum atomic E-state index is -3.57. The van der Waals surface area contributed by atoms with Crippen molar-refractivity contribution in [2.75, 3.05) is 20.1 Å². The maximum absolute atomic E-state index is 12.1. The van der Waals surface area contributed by atoms with Crippen molar-refractivity contribution in [3.8, 4) is 0 Å². The van der Waals surface area contributed by atoms with Crippen LogP contribution in [-0.2, 0) is 10.0 Å². The lowest BCUT2D eigenvalue weighted by molar-refractivity contribution is 0.311. The third-order valence-electron chi connectivity index (χ3n) is 3.20. The Morgan fingerprint density at radius 3 is 3.00 bits per heavy atom. The molecule has 1 saturated heterocycles. The highest BCUT2D eigenvalue weighted by molar-refractivity contribution is 7.89. The van der Waals surface area contributed by atoms with Crippen molar-refractivity contribution in [1.29, 1.82) is 0 Å². The summed E-state index contributed by atoms with van der Waals surface area (Å²) in [5, 5.41) is 0.192. The second-order valence-electron chi connectivity index (χ2n) is 4.43. The molecule has 0 spiro atoms. The van der Waals surface area contributed by atoms with Crippen LogP contribution in [0.5, 0.6) is 0 Å². The van der Waals surface area contributed by atoms with Crippen molar-refractivity contribution in [3.05, 3.63) is 23.5 Å². The molecule has 1 aliphatic heterocycles. The first kappa shape index (κ1) is 13.7. The van der Waals surface area contributed by atoms with E-state index in [2.05, 4.69) is 14.6 Å². The Morgan fingerprint density at radius 2 is 2.39 bits per heavy atom. The molecule has 1 unspecified atom stereocenters. The summed E-state index contributed by atoms with van der Waals surface area (Å²) in [4.78, 5) is 5.99. The number of hydrogen-bond donors (Lipinski definition) is 1.